The third-order valence-corrected chi connectivity index (χ3v) is 2.49. The van der Waals surface area contributed by atoms with E-state index in [1.165, 1.54) is 0 Å². The van der Waals surface area contributed by atoms with Gasteiger partial charge in [0.25, 0.3) is 0 Å². The summed E-state index contributed by atoms with van der Waals surface area (Å²) in [6.07, 6.45) is 0. The van der Waals surface area contributed by atoms with E-state index >= 15 is 0 Å². The Bertz CT molecular complexity index is 501. The zero-order valence-electron chi connectivity index (χ0n) is 8.52. The van der Waals surface area contributed by atoms with E-state index in [0.29, 0.717) is 28.1 Å². The van der Waals surface area contributed by atoms with Crippen molar-refractivity contribution in [3.8, 4) is 11.8 Å². The molecule has 2 rings (SSSR count). The van der Waals surface area contributed by atoms with Crippen LogP contribution in [0.25, 0.3) is 0 Å². The fourth-order valence-corrected chi connectivity index (χ4v) is 1.74. The Morgan fingerprint density at radius 3 is 3.00 bits per heavy atom. The van der Waals surface area contributed by atoms with Gasteiger partial charge >= 0.3 is 6.01 Å². The first-order valence-electron chi connectivity index (χ1n) is 4.73. The van der Waals surface area contributed by atoms with Gasteiger partial charge in [0.1, 0.15) is 5.75 Å². The van der Waals surface area contributed by atoms with Crippen LogP contribution in [0.15, 0.2) is 29.0 Å². The fourth-order valence-electron chi connectivity index (χ4n) is 1.22. The highest BCUT2D eigenvalue weighted by molar-refractivity contribution is 9.10. The van der Waals surface area contributed by atoms with Crippen LogP contribution in [0.1, 0.15) is 6.92 Å². The third-order valence-electron chi connectivity index (χ3n) is 1.92. The van der Waals surface area contributed by atoms with Crippen LogP contribution in [0, 0.1) is 0 Å². The van der Waals surface area contributed by atoms with Gasteiger partial charge < -0.3 is 4.74 Å². The average Bonchev–Trinajstić information content (AvgIpc) is 2.59. The van der Waals surface area contributed by atoms with Crippen LogP contribution < -0.4 is 4.74 Å². The summed E-state index contributed by atoms with van der Waals surface area (Å²) in [6.45, 7) is 2.65. The molecule has 84 valence electrons. The minimum absolute atomic E-state index is 0.441. The van der Waals surface area contributed by atoms with Crippen LogP contribution in [0.2, 0.25) is 5.02 Å². The van der Waals surface area contributed by atoms with E-state index in [2.05, 4.69) is 26.0 Å². The molecule has 0 unspecified atom stereocenters. The van der Waals surface area contributed by atoms with Crippen molar-refractivity contribution in [2.45, 2.75) is 13.5 Å². The summed E-state index contributed by atoms with van der Waals surface area (Å²) in [5.74, 6) is 0.641. The normalized spacial score (nSPS) is 10.4. The van der Waals surface area contributed by atoms with Crippen molar-refractivity contribution >= 4 is 27.5 Å². The van der Waals surface area contributed by atoms with Gasteiger partial charge in [-0.05, 0) is 41.1 Å². The molecular weight excluding hydrogens is 293 g/mol. The first-order valence-corrected chi connectivity index (χ1v) is 5.90. The van der Waals surface area contributed by atoms with Gasteiger partial charge in [-0.25, -0.2) is 4.68 Å². The van der Waals surface area contributed by atoms with Crippen molar-refractivity contribution < 1.29 is 4.74 Å². The van der Waals surface area contributed by atoms with E-state index in [1.807, 2.05) is 19.1 Å². The van der Waals surface area contributed by atoms with E-state index in [9.17, 15) is 0 Å². The molecule has 6 heteroatoms. The lowest BCUT2D eigenvalue weighted by Crippen LogP contribution is -2.00. The molecule has 0 bridgehead atoms. The zero-order chi connectivity index (χ0) is 11.5. The maximum absolute atomic E-state index is 5.86. The topological polar surface area (TPSA) is 39.9 Å². The number of halogens is 2. The molecule has 0 atom stereocenters. The van der Waals surface area contributed by atoms with Gasteiger partial charge in [-0.15, -0.1) is 5.10 Å². The summed E-state index contributed by atoms with van der Waals surface area (Å²) < 4.78 is 7.74. The Balaban J connectivity index is 2.26. The number of hydrogen-bond acceptors (Lipinski definition) is 3. The van der Waals surface area contributed by atoms with Crippen LogP contribution in [-0.4, -0.2) is 14.8 Å². The molecule has 0 spiro atoms. The van der Waals surface area contributed by atoms with E-state index in [1.54, 1.807) is 16.8 Å². The fraction of sp³-hybridized carbons (Fsp3) is 0.200. The van der Waals surface area contributed by atoms with E-state index < -0.39 is 0 Å². The second kappa shape index (κ2) is 4.84. The van der Waals surface area contributed by atoms with Crippen molar-refractivity contribution in [1.82, 2.24) is 14.8 Å². The first-order chi connectivity index (χ1) is 7.69. The number of ether oxygens (including phenoxy) is 1. The molecule has 0 radical (unpaired) electrons. The van der Waals surface area contributed by atoms with Crippen LogP contribution >= 0.6 is 27.5 Å². The Hall–Kier alpha value is -1.07. The monoisotopic (exact) mass is 301 g/mol. The van der Waals surface area contributed by atoms with Crippen LogP contribution in [-0.2, 0) is 6.54 Å². The number of aromatic nitrogens is 3. The standard InChI is InChI=1S/C10H9BrClN3O/c1-2-15-10(13-9(11)14-15)16-8-5-3-4-7(12)6-8/h3-6H,2H2,1H3. The highest BCUT2D eigenvalue weighted by atomic mass is 79.9. The third kappa shape index (κ3) is 2.54. The molecule has 0 saturated carbocycles. The molecule has 4 nitrogen and oxygen atoms in total. The molecule has 0 N–H and O–H groups in total. The second-order valence-electron chi connectivity index (χ2n) is 3.04. The predicted octanol–water partition coefficient (Wildman–Crippen LogP) is 3.51. The largest absolute Gasteiger partial charge is 0.424 e. The smallest absolute Gasteiger partial charge is 0.321 e. The second-order valence-corrected chi connectivity index (χ2v) is 4.18. The van der Waals surface area contributed by atoms with Crippen molar-refractivity contribution in [1.29, 1.82) is 0 Å². The Kier molecular flexibility index (Phi) is 3.46. The molecule has 1 heterocycles. The minimum atomic E-state index is 0.441. The van der Waals surface area contributed by atoms with Gasteiger partial charge in [0.2, 0.25) is 4.73 Å². The first kappa shape index (κ1) is 11.4. The van der Waals surface area contributed by atoms with E-state index in [4.69, 9.17) is 16.3 Å². The van der Waals surface area contributed by atoms with Crippen molar-refractivity contribution in [3.63, 3.8) is 0 Å². The maximum Gasteiger partial charge on any atom is 0.321 e. The van der Waals surface area contributed by atoms with Gasteiger partial charge in [-0.2, -0.15) is 4.98 Å². The summed E-state index contributed by atoms with van der Waals surface area (Å²) in [4.78, 5) is 4.11. The van der Waals surface area contributed by atoms with Gasteiger partial charge in [-0.1, -0.05) is 17.7 Å². The lowest BCUT2D eigenvalue weighted by Gasteiger charge is -2.04. The van der Waals surface area contributed by atoms with Crippen molar-refractivity contribution in [2.75, 3.05) is 0 Å². The molecule has 0 aliphatic rings. The lowest BCUT2D eigenvalue weighted by atomic mass is 10.3. The molecular formula is C10H9BrClN3O. The number of benzene rings is 1. The molecule has 0 fully saturated rings. The lowest BCUT2D eigenvalue weighted by molar-refractivity contribution is 0.402. The van der Waals surface area contributed by atoms with Crippen molar-refractivity contribution in [2.24, 2.45) is 0 Å². The van der Waals surface area contributed by atoms with Crippen molar-refractivity contribution in [3.05, 3.63) is 34.0 Å². The molecule has 2 aromatic rings. The zero-order valence-corrected chi connectivity index (χ0v) is 10.9. The van der Waals surface area contributed by atoms with Gasteiger partial charge in [0.05, 0.1) is 0 Å². The molecule has 16 heavy (non-hydrogen) atoms. The SMILES string of the molecule is CCn1nc(Br)nc1Oc1cccc(Cl)c1. The summed E-state index contributed by atoms with van der Waals surface area (Å²) in [7, 11) is 0. The highest BCUT2D eigenvalue weighted by Crippen LogP contribution is 2.23. The quantitative estimate of drug-likeness (QED) is 0.871. The van der Waals surface area contributed by atoms with Gasteiger partial charge in [0, 0.05) is 11.6 Å². The predicted molar refractivity (Wildman–Crippen MR) is 64.9 cm³/mol. The summed E-state index contributed by atoms with van der Waals surface area (Å²) >= 11 is 9.06. The molecule has 0 amide bonds. The average molecular weight is 303 g/mol. The summed E-state index contributed by atoms with van der Waals surface area (Å²) in [5.41, 5.74) is 0. The van der Waals surface area contributed by atoms with Crippen LogP contribution in [0.4, 0.5) is 0 Å². The minimum Gasteiger partial charge on any atom is -0.424 e. The van der Waals surface area contributed by atoms with Gasteiger partial charge in [-0.3, -0.25) is 0 Å². The van der Waals surface area contributed by atoms with Crippen LogP contribution in [0.5, 0.6) is 11.8 Å². The van der Waals surface area contributed by atoms with Crippen LogP contribution in [0.3, 0.4) is 0 Å². The van der Waals surface area contributed by atoms with E-state index in [0.717, 1.165) is 0 Å². The summed E-state index contributed by atoms with van der Waals surface area (Å²) in [5, 5.41) is 4.74. The Labute approximate surface area is 106 Å². The van der Waals surface area contributed by atoms with E-state index in [-0.39, 0.29) is 0 Å². The number of aryl methyl sites for hydroxylation is 1. The molecule has 0 aliphatic carbocycles. The number of hydrogen-bond donors (Lipinski definition) is 0. The number of nitrogens with zero attached hydrogens (tertiary/aromatic N) is 3. The molecule has 1 aromatic carbocycles. The molecule has 0 saturated heterocycles. The maximum atomic E-state index is 5.86. The molecule has 1 aromatic heterocycles. The Morgan fingerprint density at radius 1 is 1.50 bits per heavy atom. The summed E-state index contributed by atoms with van der Waals surface area (Å²) in [6, 6.07) is 7.59. The Morgan fingerprint density at radius 2 is 2.31 bits per heavy atom. The van der Waals surface area contributed by atoms with Gasteiger partial charge in [0.15, 0.2) is 0 Å². The molecule has 0 aliphatic heterocycles. The number of rotatable bonds is 3. The highest BCUT2D eigenvalue weighted by Gasteiger charge is 2.09.